The van der Waals surface area contributed by atoms with Gasteiger partial charge in [-0.25, -0.2) is 0 Å². The minimum atomic E-state index is 0.319. The number of nitrogens with two attached hydrogens (primary N) is 1. The summed E-state index contributed by atoms with van der Waals surface area (Å²) < 4.78 is 2.21. The lowest BCUT2D eigenvalue weighted by atomic mass is 10.1. The summed E-state index contributed by atoms with van der Waals surface area (Å²) in [7, 11) is 0. The van der Waals surface area contributed by atoms with E-state index in [-0.39, 0.29) is 0 Å². The van der Waals surface area contributed by atoms with E-state index in [0.717, 1.165) is 18.5 Å². The normalized spacial score (nSPS) is 11.5. The number of phenolic OH excluding ortho intramolecular Hbond substituents is 1. The third-order valence-corrected chi connectivity index (χ3v) is 2.92. The lowest BCUT2D eigenvalue weighted by Gasteiger charge is -2.08. The van der Waals surface area contributed by atoms with Crippen molar-refractivity contribution in [3.63, 3.8) is 0 Å². The Bertz CT molecular complexity index is 514. The first-order valence-corrected chi connectivity index (χ1v) is 6.12. The van der Waals surface area contributed by atoms with Gasteiger partial charge in [-0.2, -0.15) is 0 Å². The van der Waals surface area contributed by atoms with Crippen LogP contribution in [0, 0.1) is 5.92 Å². The average molecular weight is 232 g/mol. The van der Waals surface area contributed by atoms with Gasteiger partial charge < -0.3 is 15.4 Å². The summed E-state index contributed by atoms with van der Waals surface area (Å²) in [4.78, 5) is 0. The van der Waals surface area contributed by atoms with Crippen molar-refractivity contribution in [2.75, 3.05) is 6.54 Å². The number of benzene rings is 1. The minimum absolute atomic E-state index is 0.319. The Morgan fingerprint density at radius 3 is 2.76 bits per heavy atom. The van der Waals surface area contributed by atoms with Gasteiger partial charge in [0.15, 0.2) is 0 Å². The van der Waals surface area contributed by atoms with Gasteiger partial charge >= 0.3 is 0 Å². The molecular formula is C14H20N2O. The van der Waals surface area contributed by atoms with Crippen molar-refractivity contribution in [1.82, 2.24) is 4.57 Å². The third kappa shape index (κ3) is 2.44. The molecule has 0 radical (unpaired) electrons. The fraction of sp³-hybridized carbons (Fsp3) is 0.429. The van der Waals surface area contributed by atoms with Crippen LogP contribution < -0.4 is 5.73 Å². The van der Waals surface area contributed by atoms with Crippen molar-refractivity contribution in [1.29, 1.82) is 0 Å². The third-order valence-electron chi connectivity index (χ3n) is 2.92. The number of hydrogen-bond donors (Lipinski definition) is 2. The molecule has 1 heterocycles. The molecule has 0 saturated heterocycles. The van der Waals surface area contributed by atoms with Crippen LogP contribution >= 0.6 is 0 Å². The van der Waals surface area contributed by atoms with Gasteiger partial charge in [0.1, 0.15) is 5.75 Å². The molecule has 0 amide bonds. The predicted molar refractivity (Wildman–Crippen MR) is 71.2 cm³/mol. The smallest absolute Gasteiger partial charge is 0.117 e. The topological polar surface area (TPSA) is 51.2 Å². The Kier molecular flexibility index (Phi) is 3.38. The van der Waals surface area contributed by atoms with E-state index in [0.29, 0.717) is 18.2 Å². The molecule has 2 rings (SSSR count). The summed E-state index contributed by atoms with van der Waals surface area (Å²) in [6, 6.07) is 5.55. The summed E-state index contributed by atoms with van der Waals surface area (Å²) in [5.41, 5.74) is 8.00. The number of nitrogens with zero attached hydrogens (tertiary/aromatic N) is 1. The molecule has 0 aliphatic carbocycles. The lowest BCUT2D eigenvalue weighted by Crippen LogP contribution is -2.03. The van der Waals surface area contributed by atoms with E-state index in [9.17, 15) is 5.11 Å². The van der Waals surface area contributed by atoms with Crippen molar-refractivity contribution >= 4 is 10.9 Å². The number of aromatic hydroxyl groups is 1. The molecule has 92 valence electrons. The fourth-order valence-electron chi connectivity index (χ4n) is 2.26. The van der Waals surface area contributed by atoms with Crippen LogP contribution in [0.3, 0.4) is 0 Å². The average Bonchev–Trinajstić information content (AvgIpc) is 2.56. The van der Waals surface area contributed by atoms with Crippen molar-refractivity contribution in [3.8, 4) is 5.75 Å². The van der Waals surface area contributed by atoms with E-state index in [1.54, 1.807) is 6.07 Å². The molecule has 3 heteroatoms. The molecule has 0 unspecified atom stereocenters. The van der Waals surface area contributed by atoms with Crippen molar-refractivity contribution in [2.45, 2.75) is 26.8 Å². The number of fused-ring (bicyclic) bond motifs is 1. The highest BCUT2D eigenvalue weighted by Gasteiger charge is 2.09. The summed E-state index contributed by atoms with van der Waals surface area (Å²) in [6.45, 7) is 6.00. The van der Waals surface area contributed by atoms with Crippen molar-refractivity contribution < 1.29 is 5.11 Å². The molecule has 0 atom stereocenters. The zero-order valence-electron chi connectivity index (χ0n) is 10.5. The fourth-order valence-corrected chi connectivity index (χ4v) is 2.26. The molecule has 0 saturated carbocycles. The highest BCUT2D eigenvalue weighted by molar-refractivity contribution is 5.85. The molecule has 0 aliphatic rings. The highest BCUT2D eigenvalue weighted by atomic mass is 16.3. The first-order valence-electron chi connectivity index (χ1n) is 6.12. The molecule has 17 heavy (non-hydrogen) atoms. The second-order valence-electron chi connectivity index (χ2n) is 4.94. The summed E-state index contributed by atoms with van der Waals surface area (Å²) in [5, 5.41) is 10.8. The Morgan fingerprint density at radius 2 is 2.12 bits per heavy atom. The first kappa shape index (κ1) is 12.0. The molecule has 3 N–H and O–H groups in total. The molecular weight excluding hydrogens is 212 g/mol. The van der Waals surface area contributed by atoms with Crippen LogP contribution in [0.5, 0.6) is 5.75 Å². The maximum atomic E-state index is 9.59. The first-order chi connectivity index (χ1) is 8.11. The number of rotatable bonds is 4. The Morgan fingerprint density at radius 1 is 1.35 bits per heavy atom. The number of hydrogen-bond acceptors (Lipinski definition) is 2. The van der Waals surface area contributed by atoms with Gasteiger partial charge in [0, 0.05) is 24.2 Å². The molecule has 1 aromatic carbocycles. The Labute approximate surface area is 102 Å². The van der Waals surface area contributed by atoms with E-state index in [2.05, 4.69) is 24.6 Å². The SMILES string of the molecule is CC(C)Cn1cc(CCN)c2ccc(O)cc21. The van der Waals surface area contributed by atoms with Crippen LogP contribution in [0.25, 0.3) is 10.9 Å². The van der Waals surface area contributed by atoms with E-state index in [1.165, 1.54) is 10.9 Å². The summed E-state index contributed by atoms with van der Waals surface area (Å²) in [6.07, 6.45) is 3.04. The van der Waals surface area contributed by atoms with Crippen LogP contribution in [0.15, 0.2) is 24.4 Å². The zero-order chi connectivity index (χ0) is 12.4. The quantitative estimate of drug-likeness (QED) is 0.851. The predicted octanol–water partition coefficient (Wildman–Crippen LogP) is 2.50. The minimum Gasteiger partial charge on any atom is -0.508 e. The van der Waals surface area contributed by atoms with Crippen molar-refractivity contribution in [2.24, 2.45) is 11.7 Å². The number of phenols is 1. The standard InChI is InChI=1S/C14H20N2O/c1-10(2)8-16-9-11(5-6-15)13-4-3-12(17)7-14(13)16/h3-4,7,9-10,17H,5-6,8,15H2,1-2H3. The second kappa shape index (κ2) is 4.80. The van der Waals surface area contributed by atoms with Gasteiger partial charge in [-0.15, -0.1) is 0 Å². The van der Waals surface area contributed by atoms with Gasteiger partial charge in [-0.1, -0.05) is 13.8 Å². The molecule has 2 aromatic rings. The Balaban J connectivity index is 2.54. The van der Waals surface area contributed by atoms with Crippen LogP contribution in [0.1, 0.15) is 19.4 Å². The van der Waals surface area contributed by atoms with Crippen LogP contribution in [0.4, 0.5) is 0 Å². The van der Waals surface area contributed by atoms with Gasteiger partial charge in [0.2, 0.25) is 0 Å². The largest absolute Gasteiger partial charge is 0.508 e. The van der Waals surface area contributed by atoms with E-state index < -0.39 is 0 Å². The molecule has 0 bridgehead atoms. The van der Waals surface area contributed by atoms with Crippen LogP contribution in [-0.2, 0) is 13.0 Å². The monoisotopic (exact) mass is 232 g/mol. The maximum absolute atomic E-state index is 9.59. The molecule has 0 aliphatic heterocycles. The lowest BCUT2D eigenvalue weighted by molar-refractivity contribution is 0.475. The molecule has 0 fully saturated rings. The number of aromatic nitrogens is 1. The van der Waals surface area contributed by atoms with Crippen LogP contribution in [-0.4, -0.2) is 16.2 Å². The van der Waals surface area contributed by atoms with Crippen LogP contribution in [0.2, 0.25) is 0 Å². The zero-order valence-corrected chi connectivity index (χ0v) is 10.5. The Hall–Kier alpha value is -1.48. The van der Waals surface area contributed by atoms with Gasteiger partial charge in [0.25, 0.3) is 0 Å². The summed E-state index contributed by atoms with van der Waals surface area (Å²) >= 11 is 0. The van der Waals surface area contributed by atoms with E-state index >= 15 is 0 Å². The van der Waals surface area contributed by atoms with Gasteiger partial charge in [-0.05, 0) is 36.6 Å². The summed E-state index contributed by atoms with van der Waals surface area (Å²) in [5.74, 6) is 0.901. The molecule has 3 nitrogen and oxygen atoms in total. The van der Waals surface area contributed by atoms with Crippen molar-refractivity contribution in [3.05, 3.63) is 30.0 Å². The molecule has 0 spiro atoms. The molecule has 1 aromatic heterocycles. The van der Waals surface area contributed by atoms with E-state index in [4.69, 9.17) is 5.73 Å². The van der Waals surface area contributed by atoms with Gasteiger partial charge in [-0.3, -0.25) is 0 Å². The van der Waals surface area contributed by atoms with Gasteiger partial charge in [0.05, 0.1) is 5.52 Å². The maximum Gasteiger partial charge on any atom is 0.117 e. The second-order valence-corrected chi connectivity index (χ2v) is 4.94. The van der Waals surface area contributed by atoms with E-state index in [1.807, 2.05) is 12.1 Å². The highest BCUT2D eigenvalue weighted by Crippen LogP contribution is 2.26.